The quantitative estimate of drug-likeness (QED) is 0.627. The van der Waals surface area contributed by atoms with Gasteiger partial charge >= 0.3 is 0 Å². The predicted octanol–water partition coefficient (Wildman–Crippen LogP) is 4.24. The predicted molar refractivity (Wildman–Crippen MR) is 95.9 cm³/mol. The van der Waals surface area contributed by atoms with E-state index in [0.717, 1.165) is 18.7 Å². The number of hydrogen-bond acceptors (Lipinski definition) is 5. The van der Waals surface area contributed by atoms with E-state index < -0.39 is 0 Å². The summed E-state index contributed by atoms with van der Waals surface area (Å²) in [6.07, 6.45) is 7.53. The Kier molecular flexibility index (Phi) is 5.20. The summed E-state index contributed by atoms with van der Waals surface area (Å²) >= 11 is 11.3. The Morgan fingerprint density at radius 3 is 2.88 bits per heavy atom. The number of halogens is 1. The number of hydrogen-bond donors (Lipinski definition) is 2. The van der Waals surface area contributed by atoms with Crippen molar-refractivity contribution in [3.8, 4) is 11.5 Å². The second kappa shape index (κ2) is 7.36. The Labute approximate surface area is 150 Å². The van der Waals surface area contributed by atoms with Crippen LogP contribution in [-0.4, -0.2) is 33.3 Å². The van der Waals surface area contributed by atoms with E-state index in [-0.39, 0.29) is 10.8 Å². The van der Waals surface area contributed by atoms with E-state index in [1.807, 2.05) is 0 Å². The van der Waals surface area contributed by atoms with E-state index in [9.17, 15) is 5.11 Å². The van der Waals surface area contributed by atoms with Gasteiger partial charge in [0.25, 0.3) is 0 Å². The summed E-state index contributed by atoms with van der Waals surface area (Å²) in [6.45, 7) is 0. The normalized spacial score (nSPS) is 15.9. The van der Waals surface area contributed by atoms with Gasteiger partial charge in [0, 0.05) is 5.92 Å². The molecule has 2 aromatic rings. The monoisotopic (exact) mass is 366 g/mol. The number of aromatic nitrogens is 3. The van der Waals surface area contributed by atoms with Gasteiger partial charge in [-0.2, -0.15) is 14.9 Å². The number of aromatic amines is 1. The van der Waals surface area contributed by atoms with Gasteiger partial charge in [-0.15, -0.1) is 0 Å². The Morgan fingerprint density at radius 2 is 2.17 bits per heavy atom. The van der Waals surface area contributed by atoms with Crippen LogP contribution in [0.2, 0.25) is 5.02 Å². The smallest absolute Gasteiger partial charge is 0.216 e. The Bertz CT molecular complexity index is 809. The van der Waals surface area contributed by atoms with Crippen molar-refractivity contribution in [3.05, 3.63) is 33.3 Å². The van der Waals surface area contributed by atoms with Gasteiger partial charge < -0.3 is 9.84 Å². The largest absolute Gasteiger partial charge is 0.503 e. The third kappa shape index (κ3) is 3.47. The van der Waals surface area contributed by atoms with Crippen molar-refractivity contribution in [1.29, 1.82) is 0 Å². The van der Waals surface area contributed by atoms with E-state index >= 15 is 0 Å². The van der Waals surface area contributed by atoms with E-state index in [0.29, 0.717) is 22.0 Å². The fourth-order valence-electron chi connectivity index (χ4n) is 2.99. The highest BCUT2D eigenvalue weighted by molar-refractivity contribution is 7.71. The molecular formula is C16H19ClN4O2S. The second-order valence-electron chi connectivity index (χ2n) is 5.83. The van der Waals surface area contributed by atoms with Crippen LogP contribution < -0.4 is 4.74 Å². The molecule has 1 aliphatic rings. The van der Waals surface area contributed by atoms with Crippen LogP contribution in [0.15, 0.2) is 17.2 Å². The molecule has 24 heavy (non-hydrogen) atoms. The molecule has 0 atom stereocenters. The number of aromatic hydroxyl groups is 1. The van der Waals surface area contributed by atoms with Gasteiger partial charge in [0.05, 0.1) is 18.3 Å². The topological polar surface area (TPSA) is 75.4 Å². The molecule has 128 valence electrons. The van der Waals surface area contributed by atoms with E-state index in [2.05, 4.69) is 15.3 Å². The highest BCUT2D eigenvalue weighted by Gasteiger charge is 2.21. The first-order chi connectivity index (χ1) is 11.6. The summed E-state index contributed by atoms with van der Waals surface area (Å²) in [6, 6.07) is 3.28. The molecule has 1 saturated carbocycles. The molecule has 8 heteroatoms. The molecule has 0 radical (unpaired) electrons. The molecule has 1 aromatic heterocycles. The van der Waals surface area contributed by atoms with Crippen molar-refractivity contribution in [3.63, 3.8) is 0 Å². The van der Waals surface area contributed by atoms with E-state index in [1.54, 1.807) is 23.0 Å². The van der Waals surface area contributed by atoms with Crippen molar-refractivity contribution < 1.29 is 9.84 Å². The lowest BCUT2D eigenvalue weighted by atomic mass is 9.89. The fraction of sp³-hybridized carbons (Fsp3) is 0.438. The third-order valence-electron chi connectivity index (χ3n) is 4.24. The van der Waals surface area contributed by atoms with Crippen molar-refractivity contribution >= 4 is 30.0 Å². The number of rotatable bonds is 4. The second-order valence-corrected chi connectivity index (χ2v) is 6.63. The molecule has 0 saturated heterocycles. The number of nitrogens with zero attached hydrogens (tertiary/aromatic N) is 3. The average molecular weight is 367 g/mol. The number of phenolic OH excluding ortho intramolecular Hbond substituents is 1. The number of phenols is 1. The molecule has 0 amide bonds. The third-order valence-corrected chi connectivity index (χ3v) is 4.79. The lowest BCUT2D eigenvalue weighted by molar-refractivity contribution is 0.373. The highest BCUT2D eigenvalue weighted by atomic mass is 35.5. The molecule has 1 aromatic carbocycles. The molecule has 3 rings (SSSR count). The van der Waals surface area contributed by atoms with Crippen molar-refractivity contribution in [2.75, 3.05) is 7.11 Å². The minimum atomic E-state index is -0.0841. The van der Waals surface area contributed by atoms with Crippen LogP contribution >= 0.6 is 23.8 Å². The van der Waals surface area contributed by atoms with Crippen LogP contribution in [0, 0.1) is 4.77 Å². The first kappa shape index (κ1) is 17.0. The molecule has 0 unspecified atom stereocenters. The lowest BCUT2D eigenvalue weighted by Crippen LogP contribution is -2.10. The molecule has 1 fully saturated rings. The molecular weight excluding hydrogens is 348 g/mol. The number of H-pyrrole nitrogens is 1. The number of benzene rings is 1. The number of ether oxygens (including phenoxy) is 1. The maximum Gasteiger partial charge on any atom is 0.216 e. The zero-order valence-corrected chi connectivity index (χ0v) is 14.9. The fourth-order valence-corrected chi connectivity index (χ4v) is 3.39. The van der Waals surface area contributed by atoms with Gasteiger partial charge in [0.15, 0.2) is 17.3 Å². The van der Waals surface area contributed by atoms with Crippen LogP contribution in [0.1, 0.15) is 49.4 Å². The molecule has 0 aliphatic heterocycles. The van der Waals surface area contributed by atoms with Crippen molar-refractivity contribution in [2.24, 2.45) is 5.10 Å². The minimum Gasteiger partial charge on any atom is -0.503 e. The summed E-state index contributed by atoms with van der Waals surface area (Å²) in [5.74, 6) is 1.46. The van der Waals surface area contributed by atoms with Crippen LogP contribution in [0.5, 0.6) is 11.5 Å². The van der Waals surface area contributed by atoms with Crippen molar-refractivity contribution in [2.45, 2.75) is 38.0 Å². The molecule has 0 spiro atoms. The summed E-state index contributed by atoms with van der Waals surface area (Å²) in [7, 11) is 1.47. The first-order valence-electron chi connectivity index (χ1n) is 7.88. The number of methoxy groups -OCH3 is 1. The maximum absolute atomic E-state index is 9.79. The standard InChI is InChI=1S/C16H19ClN4O2S/c1-23-13-8-10(7-12(17)14(13)22)9-18-21-15(19-20-16(21)24)11-5-3-2-4-6-11/h7-9,11,22H,2-6H2,1H3,(H,20,24)/b18-9-. The van der Waals surface area contributed by atoms with Crippen molar-refractivity contribution in [1.82, 2.24) is 14.9 Å². The minimum absolute atomic E-state index is 0.0841. The zero-order valence-electron chi connectivity index (χ0n) is 13.3. The summed E-state index contributed by atoms with van der Waals surface area (Å²) in [5.41, 5.74) is 0.701. The van der Waals surface area contributed by atoms with Gasteiger partial charge in [0.1, 0.15) is 0 Å². The van der Waals surface area contributed by atoms with Gasteiger partial charge in [-0.05, 0) is 42.8 Å². The molecule has 0 bridgehead atoms. The maximum atomic E-state index is 9.79. The van der Waals surface area contributed by atoms with Gasteiger partial charge in [-0.25, -0.2) is 0 Å². The van der Waals surface area contributed by atoms with Gasteiger partial charge in [-0.3, -0.25) is 5.10 Å². The van der Waals surface area contributed by atoms with Crippen LogP contribution in [-0.2, 0) is 0 Å². The lowest BCUT2D eigenvalue weighted by Gasteiger charge is -2.19. The summed E-state index contributed by atoms with van der Waals surface area (Å²) < 4.78 is 7.23. The zero-order chi connectivity index (χ0) is 17.1. The number of nitrogens with one attached hydrogen (secondary N) is 1. The van der Waals surface area contributed by atoms with Crippen LogP contribution in [0.25, 0.3) is 0 Å². The highest BCUT2D eigenvalue weighted by Crippen LogP contribution is 2.34. The van der Waals surface area contributed by atoms with Gasteiger partial charge in [-0.1, -0.05) is 30.9 Å². The average Bonchev–Trinajstić information content (AvgIpc) is 2.97. The Morgan fingerprint density at radius 1 is 1.42 bits per heavy atom. The first-order valence-corrected chi connectivity index (χ1v) is 8.67. The molecule has 1 aliphatic carbocycles. The summed E-state index contributed by atoms with van der Waals surface area (Å²) in [5, 5.41) is 21.6. The SMILES string of the molecule is COc1cc(/C=N\n2c(C3CCCCC3)n[nH]c2=S)cc(Cl)c1O. The van der Waals surface area contributed by atoms with E-state index in [1.165, 1.54) is 26.4 Å². The molecule has 2 N–H and O–H groups in total. The van der Waals surface area contributed by atoms with Crippen LogP contribution in [0.4, 0.5) is 0 Å². The van der Waals surface area contributed by atoms with Gasteiger partial charge in [0.2, 0.25) is 4.77 Å². The Balaban J connectivity index is 1.91. The summed E-state index contributed by atoms with van der Waals surface area (Å²) in [4.78, 5) is 0. The van der Waals surface area contributed by atoms with E-state index in [4.69, 9.17) is 28.6 Å². The molecule has 6 nitrogen and oxygen atoms in total. The Hall–Kier alpha value is -1.86. The van der Waals surface area contributed by atoms with Crippen LogP contribution in [0.3, 0.4) is 0 Å². The molecule has 1 heterocycles.